The summed E-state index contributed by atoms with van der Waals surface area (Å²) in [7, 11) is 0. The van der Waals surface area contributed by atoms with Gasteiger partial charge in [0.25, 0.3) is 0 Å². The van der Waals surface area contributed by atoms with Crippen molar-refractivity contribution in [1.29, 1.82) is 0 Å². The minimum Gasteiger partial charge on any atom is -0.521 e. The summed E-state index contributed by atoms with van der Waals surface area (Å²) in [5.74, 6) is 0.895. The van der Waals surface area contributed by atoms with Crippen LogP contribution >= 0.6 is 0 Å². The molecule has 1 aliphatic carbocycles. The number of benzene rings is 1. The average Bonchev–Trinajstić information content (AvgIpc) is 3.21. The molecule has 114 valence electrons. The average molecular weight is 520 g/mol. The van der Waals surface area contributed by atoms with Crippen molar-refractivity contribution in [3.8, 4) is 5.75 Å². The Morgan fingerprint density at radius 3 is 2.73 bits per heavy atom. The zero-order valence-corrected chi connectivity index (χ0v) is 17.5. The predicted molar refractivity (Wildman–Crippen MR) is 85.8 cm³/mol. The SMILES string of the molecule is C=C(C)C(=O)Oc1cc[c-]cc1CC1=CC1CCC.[CH-]=C.[U+2]. The molecule has 0 spiro atoms. The van der Waals surface area contributed by atoms with Crippen molar-refractivity contribution in [1.82, 2.24) is 0 Å². The first kappa shape index (κ1) is 21.0. The maximum absolute atomic E-state index is 11.6. The normalized spacial score (nSPS) is 14.6. The molecule has 1 aliphatic rings. The summed E-state index contributed by atoms with van der Waals surface area (Å²) < 4.78 is 5.35. The second-order valence-electron chi connectivity index (χ2n) is 5.02. The van der Waals surface area contributed by atoms with Gasteiger partial charge in [-0.1, -0.05) is 31.6 Å². The van der Waals surface area contributed by atoms with Gasteiger partial charge in [0.1, 0.15) is 0 Å². The van der Waals surface area contributed by atoms with E-state index < -0.39 is 0 Å². The van der Waals surface area contributed by atoms with E-state index >= 15 is 0 Å². The number of carbonyl (C=O) groups excluding carboxylic acids is 1. The summed E-state index contributed by atoms with van der Waals surface area (Å²) in [6.07, 6.45) is 5.55. The second-order valence-corrected chi connectivity index (χ2v) is 5.02. The van der Waals surface area contributed by atoms with Crippen molar-refractivity contribution in [3.63, 3.8) is 0 Å². The van der Waals surface area contributed by atoms with Gasteiger partial charge in [0.2, 0.25) is 0 Å². The molecule has 1 aromatic rings. The Hall–Kier alpha value is -1.04. The van der Waals surface area contributed by atoms with Crippen LogP contribution in [0.25, 0.3) is 0 Å². The first-order chi connectivity index (χ1) is 10.1. The molecule has 22 heavy (non-hydrogen) atoms. The summed E-state index contributed by atoms with van der Waals surface area (Å²) in [6, 6.07) is 8.48. The van der Waals surface area contributed by atoms with Gasteiger partial charge in [0.15, 0.2) is 0 Å². The molecule has 2 nitrogen and oxygen atoms in total. The zero-order valence-electron chi connectivity index (χ0n) is 13.3. The third kappa shape index (κ3) is 6.38. The third-order valence-electron chi connectivity index (χ3n) is 3.23. The molecule has 3 heteroatoms. The summed E-state index contributed by atoms with van der Waals surface area (Å²) in [6.45, 7) is 14.4. The van der Waals surface area contributed by atoms with Gasteiger partial charge in [-0.2, -0.15) is 18.2 Å². The Bertz CT molecular complexity index is 546. The standard InChI is InChI=1S/C17H19O2.C2H3.U/c1-4-7-13-10-15(13)11-14-8-5-6-9-16(14)19-17(18)12(2)3;1-2;/h6,8-10,13H,2,4,7,11H2,1,3H3;1H,2H2;/q2*-1;+2. The van der Waals surface area contributed by atoms with Crippen molar-refractivity contribution < 1.29 is 40.6 Å². The molecule has 0 saturated carbocycles. The van der Waals surface area contributed by atoms with Crippen molar-refractivity contribution >= 4 is 5.97 Å². The molecule has 0 amide bonds. The third-order valence-corrected chi connectivity index (χ3v) is 3.23. The molecule has 1 atom stereocenters. The largest absolute Gasteiger partial charge is 2.00 e. The quantitative estimate of drug-likeness (QED) is 0.182. The van der Waals surface area contributed by atoms with Crippen LogP contribution in [0.4, 0.5) is 0 Å². The predicted octanol–water partition coefficient (Wildman–Crippen LogP) is 4.47. The summed E-state index contributed by atoms with van der Waals surface area (Å²) in [5.41, 5.74) is 2.87. The topological polar surface area (TPSA) is 26.3 Å². The van der Waals surface area contributed by atoms with E-state index in [0.29, 0.717) is 17.2 Å². The number of rotatable bonds is 6. The molecule has 0 saturated heterocycles. The number of hydrogen-bond donors (Lipinski definition) is 0. The van der Waals surface area contributed by atoms with Gasteiger partial charge in [-0.05, 0) is 25.7 Å². The summed E-state index contributed by atoms with van der Waals surface area (Å²) >= 11 is 0. The van der Waals surface area contributed by atoms with Crippen molar-refractivity contribution in [3.05, 3.63) is 66.8 Å². The number of hydrogen-bond acceptors (Lipinski definition) is 2. The van der Waals surface area contributed by atoms with Crippen LogP contribution in [0.15, 0.2) is 48.6 Å². The van der Waals surface area contributed by atoms with Crippen molar-refractivity contribution in [2.75, 3.05) is 0 Å². The minimum absolute atomic E-state index is 0. The van der Waals surface area contributed by atoms with E-state index in [2.05, 4.69) is 38.8 Å². The van der Waals surface area contributed by atoms with E-state index in [0.717, 1.165) is 12.0 Å². The number of carbonyl (C=O) groups is 1. The van der Waals surface area contributed by atoms with Crippen LogP contribution in [-0.2, 0) is 11.2 Å². The van der Waals surface area contributed by atoms with Crippen LogP contribution in [0.5, 0.6) is 5.75 Å². The maximum Gasteiger partial charge on any atom is 2.00 e. The fourth-order valence-electron chi connectivity index (χ4n) is 2.08. The fourth-order valence-corrected chi connectivity index (χ4v) is 2.08. The Kier molecular flexibility index (Phi) is 10.1. The fraction of sp³-hybridized carbons (Fsp3) is 0.316. The van der Waals surface area contributed by atoms with Crippen LogP contribution in [0, 0.1) is 49.7 Å². The Labute approximate surface area is 157 Å². The molecule has 1 aromatic carbocycles. The molecular weight excluding hydrogens is 498 g/mol. The first-order valence-corrected chi connectivity index (χ1v) is 7.10. The van der Waals surface area contributed by atoms with E-state index in [9.17, 15) is 4.79 Å². The monoisotopic (exact) mass is 520 g/mol. The molecule has 0 aliphatic heterocycles. The van der Waals surface area contributed by atoms with E-state index in [1.807, 2.05) is 6.07 Å². The molecule has 0 N–H and O–H groups in total. The summed E-state index contributed by atoms with van der Waals surface area (Å²) in [5, 5.41) is 0. The number of ether oxygens (including phenoxy) is 1. The molecule has 0 bridgehead atoms. The van der Waals surface area contributed by atoms with Gasteiger partial charge in [-0.15, -0.1) is 11.6 Å². The van der Waals surface area contributed by atoms with Crippen molar-refractivity contribution in [2.24, 2.45) is 5.92 Å². The Morgan fingerprint density at radius 1 is 1.45 bits per heavy atom. The smallest absolute Gasteiger partial charge is 0.521 e. The van der Waals surface area contributed by atoms with E-state index in [-0.39, 0.29) is 37.1 Å². The molecule has 0 aromatic heterocycles. The number of allylic oxidation sites excluding steroid dienone is 2. The molecule has 2 rings (SSSR count). The van der Waals surface area contributed by atoms with E-state index in [4.69, 9.17) is 4.74 Å². The molecule has 0 radical (unpaired) electrons. The van der Waals surface area contributed by atoms with Gasteiger partial charge in [-0.25, -0.2) is 4.79 Å². The van der Waals surface area contributed by atoms with Gasteiger partial charge in [0, 0.05) is 11.3 Å². The van der Waals surface area contributed by atoms with E-state index in [1.165, 1.54) is 18.4 Å². The zero-order chi connectivity index (χ0) is 15.8. The minimum atomic E-state index is -0.373. The van der Waals surface area contributed by atoms with Gasteiger partial charge >= 0.3 is 37.1 Å². The molecular formula is C19H22O2U. The van der Waals surface area contributed by atoms with Crippen LogP contribution < -0.4 is 4.74 Å². The van der Waals surface area contributed by atoms with Crippen LogP contribution in [0.3, 0.4) is 0 Å². The Morgan fingerprint density at radius 2 is 2.14 bits per heavy atom. The van der Waals surface area contributed by atoms with Crippen molar-refractivity contribution in [2.45, 2.75) is 33.1 Å². The first-order valence-electron chi connectivity index (χ1n) is 7.10. The van der Waals surface area contributed by atoms with Gasteiger partial charge in [0.05, 0.1) is 0 Å². The second kappa shape index (κ2) is 10.6. The maximum atomic E-state index is 11.6. The van der Waals surface area contributed by atoms with Gasteiger partial charge in [-0.3, -0.25) is 6.58 Å². The van der Waals surface area contributed by atoms with Gasteiger partial charge < -0.3 is 11.3 Å². The molecule has 0 fully saturated rings. The number of esters is 1. The molecule has 0 heterocycles. The van der Waals surface area contributed by atoms with Crippen LogP contribution in [0.2, 0.25) is 0 Å². The Balaban J connectivity index is 0.00000141. The molecule has 1 unspecified atom stereocenters. The van der Waals surface area contributed by atoms with E-state index in [1.54, 1.807) is 19.1 Å². The van der Waals surface area contributed by atoms with Crippen LogP contribution in [0.1, 0.15) is 32.3 Å². The summed E-state index contributed by atoms with van der Waals surface area (Å²) in [4.78, 5) is 11.6. The van der Waals surface area contributed by atoms with Crippen LogP contribution in [-0.4, -0.2) is 5.97 Å².